The molecule has 1 saturated heterocycles. The van der Waals surface area contributed by atoms with Crippen molar-refractivity contribution in [3.63, 3.8) is 0 Å². The lowest BCUT2D eigenvalue weighted by Gasteiger charge is -2.31. The summed E-state index contributed by atoms with van der Waals surface area (Å²) in [5.74, 6) is -0.610. The van der Waals surface area contributed by atoms with E-state index in [0.717, 1.165) is 32.2 Å². The Hall–Kier alpha value is -2.58. The number of carboxylic acid groups (broad SMARTS) is 1. The molecule has 2 aliphatic rings. The second-order valence-corrected chi connectivity index (χ2v) is 9.71. The Balaban J connectivity index is 1.45. The van der Waals surface area contributed by atoms with Crippen LogP contribution in [0, 0.1) is 5.92 Å². The lowest BCUT2D eigenvalue weighted by Crippen LogP contribution is -2.30. The Morgan fingerprint density at radius 2 is 1.80 bits per heavy atom. The van der Waals surface area contributed by atoms with Gasteiger partial charge in [0.05, 0.1) is 0 Å². The van der Waals surface area contributed by atoms with Crippen molar-refractivity contribution in [1.29, 1.82) is 0 Å². The van der Waals surface area contributed by atoms with E-state index < -0.39 is 29.9 Å². The molecule has 35 heavy (non-hydrogen) atoms. The number of rotatable bonds is 8. The molecule has 1 saturated carbocycles. The molecule has 1 aliphatic carbocycles. The average Bonchev–Trinajstić information content (AvgIpc) is 3.29. The highest BCUT2D eigenvalue weighted by Crippen LogP contribution is 2.43. The van der Waals surface area contributed by atoms with E-state index in [1.54, 1.807) is 12.1 Å². The molecular formula is C27H33F3N2O3. The van der Waals surface area contributed by atoms with Crippen molar-refractivity contribution in [2.75, 3.05) is 13.6 Å². The van der Waals surface area contributed by atoms with Crippen molar-refractivity contribution >= 4 is 5.97 Å². The van der Waals surface area contributed by atoms with Gasteiger partial charge in [-0.15, -0.1) is 0 Å². The first-order chi connectivity index (χ1) is 16.8. The molecule has 1 heterocycles. The highest BCUT2D eigenvalue weighted by Gasteiger charge is 2.39. The topological polar surface area (TPSA) is 70.6 Å². The normalized spacial score (nSPS) is 24.9. The summed E-state index contributed by atoms with van der Waals surface area (Å²) in [5.41, 5.74) is 2.17. The first kappa shape index (κ1) is 25.5. The number of nitrogens with one attached hydrogen (secondary N) is 2. The summed E-state index contributed by atoms with van der Waals surface area (Å²) in [5, 5.41) is 15.1. The molecule has 0 radical (unpaired) electrons. The molecule has 4 rings (SSSR count). The number of hydrogen-bond donors (Lipinski definition) is 3. The van der Waals surface area contributed by atoms with Crippen LogP contribution < -0.4 is 15.4 Å². The number of hydrogen-bond acceptors (Lipinski definition) is 4. The number of carbonyl (C=O) groups is 1. The van der Waals surface area contributed by atoms with Crippen molar-refractivity contribution < 1.29 is 27.8 Å². The van der Waals surface area contributed by atoms with Crippen molar-refractivity contribution in [2.45, 2.75) is 69.3 Å². The summed E-state index contributed by atoms with van der Waals surface area (Å²) in [6, 6.07) is 12.1. The van der Waals surface area contributed by atoms with Crippen LogP contribution in [-0.4, -0.2) is 36.8 Å². The minimum Gasteiger partial charge on any atom is -0.488 e. The van der Waals surface area contributed by atoms with Crippen LogP contribution in [0.2, 0.25) is 0 Å². The first-order valence-corrected chi connectivity index (χ1v) is 12.3. The van der Waals surface area contributed by atoms with E-state index in [-0.39, 0.29) is 30.2 Å². The molecule has 2 atom stereocenters. The summed E-state index contributed by atoms with van der Waals surface area (Å²) >= 11 is 0. The van der Waals surface area contributed by atoms with Crippen molar-refractivity contribution in [3.8, 4) is 5.75 Å². The van der Waals surface area contributed by atoms with E-state index in [4.69, 9.17) is 9.84 Å². The maximum atomic E-state index is 14.1. The van der Waals surface area contributed by atoms with Crippen LogP contribution in [0.1, 0.15) is 60.3 Å². The van der Waals surface area contributed by atoms with Crippen LogP contribution in [0.3, 0.4) is 0 Å². The zero-order valence-corrected chi connectivity index (χ0v) is 19.9. The molecule has 0 bridgehead atoms. The molecule has 2 aromatic rings. The molecule has 5 nitrogen and oxygen atoms in total. The quantitative estimate of drug-likeness (QED) is 0.478. The zero-order chi connectivity index (χ0) is 25.0. The number of ether oxygens (including phenoxy) is 1. The van der Waals surface area contributed by atoms with Gasteiger partial charge in [0.15, 0.2) is 0 Å². The average molecular weight is 491 g/mol. The van der Waals surface area contributed by atoms with Gasteiger partial charge in [-0.05, 0) is 73.7 Å². The molecule has 2 aromatic carbocycles. The largest absolute Gasteiger partial charge is 0.488 e. The van der Waals surface area contributed by atoms with Gasteiger partial charge in [0, 0.05) is 19.5 Å². The van der Waals surface area contributed by atoms with E-state index in [2.05, 4.69) is 28.8 Å². The zero-order valence-electron chi connectivity index (χ0n) is 19.9. The summed E-state index contributed by atoms with van der Waals surface area (Å²) in [7, 11) is 1.93. The molecule has 2 fully saturated rings. The number of carboxylic acids is 1. The van der Waals surface area contributed by atoms with Crippen molar-refractivity contribution in [2.24, 2.45) is 5.92 Å². The third-order valence-electron chi connectivity index (χ3n) is 7.30. The Morgan fingerprint density at radius 1 is 1.09 bits per heavy atom. The smallest absolute Gasteiger partial charge is 0.420 e. The van der Waals surface area contributed by atoms with Gasteiger partial charge in [-0.25, -0.2) is 0 Å². The Morgan fingerprint density at radius 3 is 2.46 bits per heavy atom. The van der Waals surface area contributed by atoms with Crippen LogP contribution in [0.15, 0.2) is 42.5 Å². The number of aliphatic carboxylic acids is 1. The van der Waals surface area contributed by atoms with Crippen LogP contribution in [0.5, 0.6) is 5.75 Å². The van der Waals surface area contributed by atoms with Gasteiger partial charge in [-0.3, -0.25) is 4.79 Å². The third-order valence-corrected chi connectivity index (χ3v) is 7.30. The summed E-state index contributed by atoms with van der Waals surface area (Å²) in [6.45, 7) is 1.01. The van der Waals surface area contributed by atoms with E-state index in [0.29, 0.717) is 12.3 Å². The number of benzene rings is 2. The highest BCUT2D eigenvalue weighted by atomic mass is 19.4. The number of halogens is 3. The van der Waals surface area contributed by atoms with E-state index in [1.165, 1.54) is 17.2 Å². The van der Waals surface area contributed by atoms with Gasteiger partial charge in [0.1, 0.15) is 23.5 Å². The molecule has 0 spiro atoms. The third kappa shape index (κ3) is 6.16. The summed E-state index contributed by atoms with van der Waals surface area (Å²) in [4.78, 5) is 11.2. The van der Waals surface area contributed by atoms with Crippen LogP contribution in [-0.2, 0) is 23.9 Å². The molecule has 8 heteroatoms. The molecule has 3 N–H and O–H groups in total. The molecular weight excluding hydrogens is 457 g/mol. The SMILES string of the molecule is CNCc1ccccc1[C@H]1CC[C@H](Cc2cccc(O[C@H]3CN[C@@H](C(=O)O)C3)c2C(F)(F)F)CC1. The fourth-order valence-electron chi connectivity index (χ4n) is 5.60. The summed E-state index contributed by atoms with van der Waals surface area (Å²) < 4.78 is 48.1. The first-order valence-electron chi connectivity index (χ1n) is 12.3. The lowest BCUT2D eigenvalue weighted by atomic mass is 9.75. The standard InChI is InChI=1S/C27H33F3N2O3/c1-31-15-20-5-2-3-7-22(20)18-11-9-17(10-12-18)13-19-6-4-8-24(25(19)27(28,29)30)35-21-14-23(26(33)34)32-16-21/h2-8,17-18,21,23,31-32H,9-16H2,1H3,(H,33,34)/t17-,18-,21-,23-/m1/s1. The minimum atomic E-state index is -4.55. The van der Waals surface area contributed by atoms with Crippen LogP contribution in [0.25, 0.3) is 0 Å². The Labute approximate surface area is 204 Å². The van der Waals surface area contributed by atoms with Crippen LogP contribution in [0.4, 0.5) is 13.2 Å². The Bertz CT molecular complexity index is 1020. The van der Waals surface area contributed by atoms with Crippen molar-refractivity contribution in [1.82, 2.24) is 10.6 Å². The molecule has 190 valence electrons. The highest BCUT2D eigenvalue weighted by molar-refractivity contribution is 5.73. The fraction of sp³-hybridized carbons (Fsp3) is 0.519. The minimum absolute atomic E-state index is 0.135. The van der Waals surface area contributed by atoms with Gasteiger partial charge in [0.2, 0.25) is 0 Å². The van der Waals surface area contributed by atoms with Gasteiger partial charge in [-0.2, -0.15) is 13.2 Å². The molecule has 0 aromatic heterocycles. The predicted octanol–water partition coefficient (Wildman–Crippen LogP) is 5.14. The second kappa shape index (κ2) is 11.0. The monoisotopic (exact) mass is 490 g/mol. The maximum absolute atomic E-state index is 14.1. The predicted molar refractivity (Wildman–Crippen MR) is 128 cm³/mol. The fourth-order valence-corrected chi connectivity index (χ4v) is 5.60. The van der Waals surface area contributed by atoms with Gasteiger partial charge in [0.25, 0.3) is 0 Å². The van der Waals surface area contributed by atoms with Gasteiger partial charge in [-0.1, -0.05) is 36.4 Å². The molecule has 0 amide bonds. The van der Waals surface area contributed by atoms with E-state index >= 15 is 0 Å². The second-order valence-electron chi connectivity index (χ2n) is 9.71. The van der Waals surface area contributed by atoms with Crippen molar-refractivity contribution in [3.05, 3.63) is 64.7 Å². The molecule has 0 unspecified atom stereocenters. The number of alkyl halides is 3. The van der Waals surface area contributed by atoms with Gasteiger partial charge < -0.3 is 20.5 Å². The maximum Gasteiger partial charge on any atom is 0.420 e. The van der Waals surface area contributed by atoms with Crippen LogP contribution >= 0.6 is 0 Å². The summed E-state index contributed by atoms with van der Waals surface area (Å²) in [6.07, 6.45) is -0.969. The van der Waals surface area contributed by atoms with E-state index in [1.807, 2.05) is 13.1 Å². The lowest BCUT2D eigenvalue weighted by molar-refractivity contribution is -0.141. The molecule has 1 aliphatic heterocycles. The Kier molecular flexibility index (Phi) is 8.02. The van der Waals surface area contributed by atoms with Gasteiger partial charge >= 0.3 is 12.1 Å². The van der Waals surface area contributed by atoms with E-state index in [9.17, 15) is 18.0 Å².